The maximum Gasteiger partial charge on any atom is 0.187 e. The van der Waals surface area contributed by atoms with Gasteiger partial charge in [0.25, 0.3) is 0 Å². The van der Waals surface area contributed by atoms with Crippen LogP contribution in [0.1, 0.15) is 17.4 Å². The predicted molar refractivity (Wildman–Crippen MR) is 125 cm³/mol. The molecule has 0 bridgehead atoms. The molecule has 0 spiro atoms. The number of ether oxygens (including phenoxy) is 6. The Morgan fingerprint density at radius 2 is 1.43 bits per heavy atom. The fraction of sp³-hybridized carbons (Fsp3) is 0.538. The Labute approximate surface area is 213 Å². The molecule has 11 atom stereocenters. The number of benzene rings is 2. The van der Waals surface area contributed by atoms with E-state index in [2.05, 4.69) is 0 Å². The van der Waals surface area contributed by atoms with E-state index in [1.54, 1.807) is 0 Å². The Morgan fingerprint density at radius 1 is 0.757 bits per heavy atom. The minimum atomic E-state index is -1.55. The number of fused-ring (bicyclic) bond motifs is 1. The van der Waals surface area contributed by atoms with E-state index < -0.39 is 74.3 Å². The molecule has 11 nitrogen and oxygen atoms in total. The minimum Gasteiger partial charge on any atom is -0.394 e. The highest BCUT2D eigenvalue weighted by Crippen LogP contribution is 2.36. The van der Waals surface area contributed by atoms with Crippen LogP contribution in [-0.2, 0) is 35.0 Å². The number of aliphatic hydroxyl groups is 5. The third kappa shape index (κ3) is 5.72. The first-order valence-electron chi connectivity index (χ1n) is 12.2. The van der Waals surface area contributed by atoms with Crippen LogP contribution in [0.5, 0.6) is 0 Å². The first-order chi connectivity index (χ1) is 18.0. The van der Waals surface area contributed by atoms with Gasteiger partial charge in [0.05, 0.1) is 19.8 Å². The van der Waals surface area contributed by atoms with E-state index in [0.717, 1.165) is 11.1 Å². The van der Waals surface area contributed by atoms with Gasteiger partial charge in [0, 0.05) is 5.56 Å². The number of aliphatic hydroxyl groups excluding tert-OH is 5. The number of rotatable bonds is 7. The molecule has 5 rings (SSSR count). The second kappa shape index (κ2) is 11.8. The van der Waals surface area contributed by atoms with Crippen LogP contribution < -0.4 is 0 Å². The summed E-state index contributed by atoms with van der Waals surface area (Å²) in [5.74, 6) is 0. The molecular formula is C26H32O11. The zero-order chi connectivity index (χ0) is 25.9. The highest BCUT2D eigenvalue weighted by Gasteiger charge is 2.53. The fourth-order valence-corrected chi connectivity index (χ4v) is 4.74. The monoisotopic (exact) mass is 520 g/mol. The molecule has 11 heteroatoms. The van der Waals surface area contributed by atoms with Gasteiger partial charge in [-0.15, -0.1) is 0 Å². The van der Waals surface area contributed by atoms with E-state index in [1.807, 2.05) is 60.7 Å². The molecule has 37 heavy (non-hydrogen) atoms. The topological polar surface area (TPSA) is 157 Å². The second-order valence-electron chi connectivity index (χ2n) is 9.30. The van der Waals surface area contributed by atoms with Crippen molar-refractivity contribution in [2.45, 2.75) is 74.3 Å². The third-order valence-electron chi connectivity index (χ3n) is 6.77. The quantitative estimate of drug-likeness (QED) is 0.323. The molecule has 3 aliphatic rings. The van der Waals surface area contributed by atoms with Gasteiger partial charge in [-0.25, -0.2) is 0 Å². The number of hydrogen-bond donors (Lipinski definition) is 5. The summed E-state index contributed by atoms with van der Waals surface area (Å²) in [6.07, 6.45) is -13.4. The van der Waals surface area contributed by atoms with Crippen molar-refractivity contribution in [3.63, 3.8) is 0 Å². The first-order valence-corrected chi connectivity index (χ1v) is 12.2. The zero-order valence-corrected chi connectivity index (χ0v) is 19.9. The average Bonchev–Trinajstić information content (AvgIpc) is 2.94. The van der Waals surface area contributed by atoms with Gasteiger partial charge < -0.3 is 54.0 Å². The molecule has 3 saturated heterocycles. The molecule has 1 unspecified atom stereocenters. The first kappa shape index (κ1) is 26.6. The predicted octanol–water partition coefficient (Wildman–Crippen LogP) is -0.412. The summed E-state index contributed by atoms with van der Waals surface area (Å²) in [6, 6.07) is 18.4. The molecule has 3 aliphatic heterocycles. The summed E-state index contributed by atoms with van der Waals surface area (Å²) >= 11 is 0. The number of hydrogen-bond acceptors (Lipinski definition) is 11. The Hall–Kier alpha value is -2.00. The Kier molecular flexibility index (Phi) is 8.49. The van der Waals surface area contributed by atoms with Crippen LogP contribution in [0.15, 0.2) is 60.7 Å². The molecule has 0 amide bonds. The van der Waals surface area contributed by atoms with Gasteiger partial charge in [-0.05, 0) is 5.56 Å². The molecule has 0 aromatic heterocycles. The SMILES string of the molecule is OC[C@H]1O[C@@H](OCc2ccccc2)[C@H](O)[C@@H](O)[C@@H]1O[C@@H]1O[C@@H]2COC(c3ccccc3)O[C@@H]2[C@H](O)[C@H]1O. The van der Waals surface area contributed by atoms with Crippen LogP contribution in [0.3, 0.4) is 0 Å². The lowest BCUT2D eigenvalue weighted by molar-refractivity contribution is -0.386. The molecule has 2 aromatic rings. The second-order valence-corrected chi connectivity index (χ2v) is 9.30. The Morgan fingerprint density at radius 3 is 2.14 bits per heavy atom. The van der Waals surface area contributed by atoms with Crippen LogP contribution >= 0.6 is 0 Å². The third-order valence-corrected chi connectivity index (χ3v) is 6.77. The van der Waals surface area contributed by atoms with Gasteiger partial charge in [-0.2, -0.15) is 0 Å². The van der Waals surface area contributed by atoms with Gasteiger partial charge in [0.15, 0.2) is 18.9 Å². The van der Waals surface area contributed by atoms with Gasteiger partial charge in [0.1, 0.15) is 48.8 Å². The van der Waals surface area contributed by atoms with Crippen molar-refractivity contribution in [1.29, 1.82) is 0 Å². The summed E-state index contributed by atoms with van der Waals surface area (Å²) in [5.41, 5.74) is 1.59. The van der Waals surface area contributed by atoms with E-state index in [9.17, 15) is 25.5 Å². The lowest BCUT2D eigenvalue weighted by Gasteiger charge is -2.48. The van der Waals surface area contributed by atoms with Crippen LogP contribution in [0, 0.1) is 0 Å². The molecule has 2 aromatic carbocycles. The summed E-state index contributed by atoms with van der Waals surface area (Å²) < 4.78 is 34.5. The Balaban J connectivity index is 1.21. The van der Waals surface area contributed by atoms with Crippen LogP contribution in [-0.4, -0.2) is 100 Å². The summed E-state index contributed by atoms with van der Waals surface area (Å²) in [5, 5.41) is 52.8. The molecule has 3 fully saturated rings. The van der Waals surface area contributed by atoms with Crippen LogP contribution in [0.4, 0.5) is 0 Å². The van der Waals surface area contributed by atoms with E-state index in [1.165, 1.54) is 0 Å². The highest BCUT2D eigenvalue weighted by molar-refractivity contribution is 5.17. The lowest BCUT2D eigenvalue weighted by Crippen LogP contribution is -2.65. The normalized spacial score (nSPS) is 40.2. The van der Waals surface area contributed by atoms with E-state index in [-0.39, 0.29) is 13.2 Å². The molecule has 0 radical (unpaired) electrons. The van der Waals surface area contributed by atoms with Crippen molar-refractivity contribution < 1.29 is 54.0 Å². The average molecular weight is 521 g/mol. The lowest BCUT2D eigenvalue weighted by atomic mass is 9.96. The van der Waals surface area contributed by atoms with Gasteiger partial charge in [-0.1, -0.05) is 60.7 Å². The fourth-order valence-electron chi connectivity index (χ4n) is 4.74. The van der Waals surface area contributed by atoms with Gasteiger partial charge >= 0.3 is 0 Å². The van der Waals surface area contributed by atoms with Crippen molar-refractivity contribution in [2.24, 2.45) is 0 Å². The van der Waals surface area contributed by atoms with Crippen molar-refractivity contribution in [3.05, 3.63) is 71.8 Å². The van der Waals surface area contributed by atoms with Crippen LogP contribution in [0.25, 0.3) is 0 Å². The minimum absolute atomic E-state index is 0.0546. The Bertz CT molecular complexity index is 975. The van der Waals surface area contributed by atoms with Crippen molar-refractivity contribution in [3.8, 4) is 0 Å². The maximum atomic E-state index is 10.8. The largest absolute Gasteiger partial charge is 0.394 e. The summed E-state index contributed by atoms with van der Waals surface area (Å²) in [7, 11) is 0. The standard InChI is InChI=1S/C26H32O11/c27-11-16-22(18(28)20(30)25(34-16)32-12-14-7-3-1-4-8-14)37-26-21(31)19(29)23-17(35-26)13-33-24(36-23)15-9-5-2-6-10-15/h1-10,16-31H,11-13H2/t16-,17-,18-,19-,20-,21-,22-,23+,24?,25-,26+/m1/s1. The van der Waals surface area contributed by atoms with E-state index >= 15 is 0 Å². The summed E-state index contributed by atoms with van der Waals surface area (Å²) in [6.45, 7) is -0.399. The van der Waals surface area contributed by atoms with E-state index in [0.29, 0.717) is 0 Å². The van der Waals surface area contributed by atoms with Crippen molar-refractivity contribution in [1.82, 2.24) is 0 Å². The smallest absolute Gasteiger partial charge is 0.187 e. The maximum absolute atomic E-state index is 10.8. The van der Waals surface area contributed by atoms with Gasteiger partial charge in [0.2, 0.25) is 0 Å². The van der Waals surface area contributed by atoms with Crippen molar-refractivity contribution >= 4 is 0 Å². The van der Waals surface area contributed by atoms with Crippen LogP contribution in [0.2, 0.25) is 0 Å². The molecular weight excluding hydrogens is 488 g/mol. The van der Waals surface area contributed by atoms with E-state index in [4.69, 9.17) is 28.4 Å². The molecule has 0 saturated carbocycles. The van der Waals surface area contributed by atoms with Crippen molar-refractivity contribution in [2.75, 3.05) is 13.2 Å². The molecule has 0 aliphatic carbocycles. The molecule has 3 heterocycles. The van der Waals surface area contributed by atoms with Gasteiger partial charge in [-0.3, -0.25) is 0 Å². The zero-order valence-electron chi connectivity index (χ0n) is 19.9. The molecule has 202 valence electrons. The highest BCUT2D eigenvalue weighted by atomic mass is 16.8. The molecule has 5 N–H and O–H groups in total. The summed E-state index contributed by atoms with van der Waals surface area (Å²) in [4.78, 5) is 0.